The van der Waals surface area contributed by atoms with Crippen molar-refractivity contribution in [3.63, 3.8) is 0 Å². The fourth-order valence-corrected chi connectivity index (χ4v) is 4.62. The lowest BCUT2D eigenvalue weighted by molar-refractivity contribution is -0.113. The Morgan fingerprint density at radius 2 is 1.47 bits per heavy atom. The molecule has 0 aliphatic heterocycles. The molecule has 0 heterocycles. The summed E-state index contributed by atoms with van der Waals surface area (Å²) in [7, 11) is 0. The molecule has 0 saturated heterocycles. The van der Waals surface area contributed by atoms with E-state index in [0.29, 0.717) is 21.8 Å². The number of halogens is 1. The highest BCUT2D eigenvalue weighted by Crippen LogP contribution is 2.24. The Kier molecular flexibility index (Phi) is 9.14. The molecule has 2 N–H and O–H groups in total. The van der Waals surface area contributed by atoms with Crippen LogP contribution in [0.15, 0.2) is 114 Å². The zero-order chi connectivity index (χ0) is 26.9. The van der Waals surface area contributed by atoms with E-state index in [9.17, 15) is 14.4 Å². The zero-order valence-corrected chi connectivity index (χ0v) is 22.2. The number of aryl methyl sites for hydroxylation is 1. The molecule has 0 aliphatic rings. The van der Waals surface area contributed by atoms with Gasteiger partial charge in [0.2, 0.25) is 0 Å². The first-order valence-corrected chi connectivity index (χ1v) is 13.2. The van der Waals surface area contributed by atoms with Gasteiger partial charge in [-0.3, -0.25) is 14.4 Å². The SMILES string of the molecule is Cc1ccccc1/C=C(\NC(=O)c1ccccc1)C(=O)Nc1ccc(SCC(=O)c2ccccc2Cl)cc1. The number of carbonyl (C=O) groups is 3. The first-order chi connectivity index (χ1) is 18.4. The average Bonchev–Trinajstić information content (AvgIpc) is 2.94. The van der Waals surface area contributed by atoms with E-state index in [1.807, 2.05) is 49.4 Å². The topological polar surface area (TPSA) is 75.3 Å². The van der Waals surface area contributed by atoms with Crippen LogP contribution in [0, 0.1) is 6.92 Å². The highest BCUT2D eigenvalue weighted by atomic mass is 35.5. The molecular formula is C31H25ClN2O3S. The van der Waals surface area contributed by atoms with Gasteiger partial charge in [0.15, 0.2) is 5.78 Å². The Morgan fingerprint density at radius 3 is 2.18 bits per heavy atom. The highest BCUT2D eigenvalue weighted by molar-refractivity contribution is 8.00. The molecule has 0 radical (unpaired) electrons. The van der Waals surface area contributed by atoms with E-state index >= 15 is 0 Å². The lowest BCUT2D eigenvalue weighted by Gasteiger charge is -2.12. The summed E-state index contributed by atoms with van der Waals surface area (Å²) in [5, 5.41) is 6.03. The van der Waals surface area contributed by atoms with Gasteiger partial charge in [0, 0.05) is 21.7 Å². The molecule has 4 rings (SSSR count). The van der Waals surface area contributed by atoms with Gasteiger partial charge in [-0.05, 0) is 72.7 Å². The Bertz CT molecular complexity index is 1480. The summed E-state index contributed by atoms with van der Waals surface area (Å²) in [6.07, 6.45) is 1.66. The number of hydrogen-bond acceptors (Lipinski definition) is 4. The predicted molar refractivity (Wildman–Crippen MR) is 155 cm³/mol. The van der Waals surface area contributed by atoms with Crippen LogP contribution in [0.25, 0.3) is 6.08 Å². The normalized spacial score (nSPS) is 11.1. The Balaban J connectivity index is 1.45. The first kappa shape index (κ1) is 26.9. The molecule has 0 spiro atoms. The third-order valence-electron chi connectivity index (χ3n) is 5.67. The van der Waals surface area contributed by atoms with Crippen LogP contribution < -0.4 is 10.6 Å². The lowest BCUT2D eigenvalue weighted by atomic mass is 10.1. The smallest absolute Gasteiger partial charge is 0.272 e. The maximum Gasteiger partial charge on any atom is 0.272 e. The Morgan fingerprint density at radius 1 is 0.816 bits per heavy atom. The molecule has 0 saturated carbocycles. The van der Waals surface area contributed by atoms with E-state index < -0.39 is 5.91 Å². The number of nitrogens with one attached hydrogen (secondary N) is 2. The molecule has 38 heavy (non-hydrogen) atoms. The van der Waals surface area contributed by atoms with Crippen LogP contribution >= 0.6 is 23.4 Å². The molecule has 7 heteroatoms. The minimum Gasteiger partial charge on any atom is -0.321 e. The minimum atomic E-state index is -0.452. The number of anilines is 1. The molecular weight excluding hydrogens is 516 g/mol. The van der Waals surface area contributed by atoms with E-state index in [1.165, 1.54) is 11.8 Å². The van der Waals surface area contributed by atoms with Crippen molar-refractivity contribution >= 4 is 52.7 Å². The zero-order valence-electron chi connectivity index (χ0n) is 20.6. The number of hydrogen-bond donors (Lipinski definition) is 2. The summed E-state index contributed by atoms with van der Waals surface area (Å²) in [6.45, 7) is 1.94. The largest absolute Gasteiger partial charge is 0.321 e. The molecule has 5 nitrogen and oxygen atoms in total. The summed E-state index contributed by atoms with van der Waals surface area (Å²) >= 11 is 7.51. The monoisotopic (exact) mass is 540 g/mol. The van der Waals surface area contributed by atoms with Gasteiger partial charge in [0.05, 0.1) is 10.8 Å². The van der Waals surface area contributed by atoms with Crippen molar-refractivity contribution in [1.82, 2.24) is 5.32 Å². The molecule has 0 fully saturated rings. The minimum absolute atomic E-state index is 0.0573. The van der Waals surface area contributed by atoms with E-state index in [0.717, 1.165) is 16.0 Å². The van der Waals surface area contributed by atoms with Crippen LogP contribution in [0.2, 0.25) is 5.02 Å². The summed E-state index contributed by atoms with van der Waals surface area (Å²) in [4.78, 5) is 39.4. The number of ketones is 1. The number of Topliss-reactive ketones (excluding diaryl/α,β-unsaturated/α-hetero) is 1. The molecule has 0 aliphatic carbocycles. The van der Waals surface area contributed by atoms with E-state index in [2.05, 4.69) is 10.6 Å². The Labute approximate surface area is 230 Å². The van der Waals surface area contributed by atoms with Gasteiger partial charge in [-0.1, -0.05) is 66.2 Å². The molecule has 4 aromatic rings. The van der Waals surface area contributed by atoms with Crippen LogP contribution in [0.5, 0.6) is 0 Å². The average molecular weight is 541 g/mol. The van der Waals surface area contributed by atoms with Crippen molar-refractivity contribution in [2.24, 2.45) is 0 Å². The second-order valence-corrected chi connectivity index (χ2v) is 9.86. The van der Waals surface area contributed by atoms with Crippen LogP contribution in [-0.2, 0) is 4.79 Å². The van der Waals surface area contributed by atoms with Crippen molar-refractivity contribution in [2.45, 2.75) is 11.8 Å². The number of rotatable bonds is 9. The third-order valence-corrected chi connectivity index (χ3v) is 7.02. The van der Waals surface area contributed by atoms with Gasteiger partial charge >= 0.3 is 0 Å². The molecule has 0 bridgehead atoms. The van der Waals surface area contributed by atoms with Crippen molar-refractivity contribution < 1.29 is 14.4 Å². The van der Waals surface area contributed by atoms with Crippen molar-refractivity contribution in [3.05, 3.63) is 136 Å². The van der Waals surface area contributed by atoms with Gasteiger partial charge in [-0.25, -0.2) is 0 Å². The Hall–Kier alpha value is -4.13. The molecule has 0 aromatic heterocycles. The summed E-state index contributed by atoms with van der Waals surface area (Å²) in [5.41, 5.74) is 3.42. The molecule has 2 amide bonds. The second-order valence-electron chi connectivity index (χ2n) is 8.40. The van der Waals surface area contributed by atoms with E-state index in [1.54, 1.807) is 66.7 Å². The van der Waals surface area contributed by atoms with Gasteiger partial charge in [-0.2, -0.15) is 0 Å². The number of benzene rings is 4. The second kappa shape index (κ2) is 12.9. The van der Waals surface area contributed by atoms with Crippen LogP contribution in [0.4, 0.5) is 5.69 Å². The fourth-order valence-electron chi connectivity index (χ4n) is 3.59. The molecule has 4 aromatic carbocycles. The number of thioether (sulfide) groups is 1. The van der Waals surface area contributed by atoms with Crippen LogP contribution in [0.3, 0.4) is 0 Å². The third kappa shape index (κ3) is 7.22. The molecule has 190 valence electrons. The maximum absolute atomic E-state index is 13.2. The van der Waals surface area contributed by atoms with E-state index in [-0.39, 0.29) is 23.1 Å². The van der Waals surface area contributed by atoms with Crippen molar-refractivity contribution in [1.29, 1.82) is 0 Å². The maximum atomic E-state index is 13.2. The fraction of sp³-hybridized carbons (Fsp3) is 0.0645. The first-order valence-electron chi connectivity index (χ1n) is 11.9. The summed E-state index contributed by atoms with van der Waals surface area (Å²) in [5.74, 6) is -0.648. The molecule has 0 unspecified atom stereocenters. The number of carbonyl (C=O) groups excluding carboxylic acids is 3. The highest BCUT2D eigenvalue weighted by Gasteiger charge is 2.16. The molecule has 0 atom stereocenters. The predicted octanol–water partition coefficient (Wildman–Crippen LogP) is 7.03. The van der Waals surface area contributed by atoms with Crippen molar-refractivity contribution in [3.8, 4) is 0 Å². The summed E-state index contributed by atoms with van der Waals surface area (Å²) < 4.78 is 0. The van der Waals surface area contributed by atoms with Gasteiger partial charge in [-0.15, -0.1) is 11.8 Å². The van der Waals surface area contributed by atoms with Crippen LogP contribution in [-0.4, -0.2) is 23.4 Å². The lowest BCUT2D eigenvalue weighted by Crippen LogP contribution is -2.30. The van der Waals surface area contributed by atoms with Gasteiger partial charge in [0.1, 0.15) is 5.70 Å². The van der Waals surface area contributed by atoms with Gasteiger partial charge in [0.25, 0.3) is 11.8 Å². The standard InChI is InChI=1S/C31H25ClN2O3S/c1-21-9-5-6-12-23(21)19-28(34-30(36)22-10-3-2-4-11-22)31(37)33-24-15-17-25(18-16-24)38-20-29(35)26-13-7-8-14-27(26)32/h2-19H,20H2,1H3,(H,33,37)(H,34,36)/b28-19-. The van der Waals surface area contributed by atoms with Crippen molar-refractivity contribution in [2.75, 3.05) is 11.1 Å². The van der Waals surface area contributed by atoms with Crippen LogP contribution in [0.1, 0.15) is 31.8 Å². The summed E-state index contributed by atoms with van der Waals surface area (Å²) in [6, 6.07) is 30.5. The van der Waals surface area contributed by atoms with Gasteiger partial charge < -0.3 is 10.6 Å². The van der Waals surface area contributed by atoms with E-state index in [4.69, 9.17) is 11.6 Å². The number of amides is 2. The quantitative estimate of drug-likeness (QED) is 0.136.